The van der Waals surface area contributed by atoms with Crippen LogP contribution in [0.4, 0.5) is 0 Å². The van der Waals surface area contributed by atoms with Crippen molar-refractivity contribution in [2.24, 2.45) is 0 Å². The van der Waals surface area contributed by atoms with Crippen molar-refractivity contribution >= 4 is 0 Å². The Morgan fingerprint density at radius 3 is 2.50 bits per heavy atom. The summed E-state index contributed by atoms with van der Waals surface area (Å²) in [6.07, 6.45) is 1.72. The summed E-state index contributed by atoms with van der Waals surface area (Å²) in [5, 5.41) is 21.0. The van der Waals surface area contributed by atoms with Gasteiger partial charge in [0.05, 0.1) is 12.6 Å². The second-order valence-corrected chi connectivity index (χ2v) is 3.51. The molecule has 0 amide bonds. The Balaban J connectivity index is 2.58. The molecule has 10 heavy (non-hydrogen) atoms. The molecule has 0 aliphatic carbocycles. The van der Waals surface area contributed by atoms with E-state index >= 15 is 0 Å². The molecule has 0 aromatic rings. The molecule has 1 heterocycles. The molecule has 1 aliphatic heterocycles. The lowest BCUT2D eigenvalue weighted by molar-refractivity contribution is -0.225. The summed E-state index contributed by atoms with van der Waals surface area (Å²) in [5.74, 6) is 0. The van der Waals surface area contributed by atoms with Gasteiger partial charge in [0.1, 0.15) is 0 Å². The van der Waals surface area contributed by atoms with Gasteiger partial charge in [-0.3, -0.25) is 0 Å². The van der Waals surface area contributed by atoms with Gasteiger partial charge in [0, 0.05) is 5.54 Å². The zero-order valence-corrected chi connectivity index (χ0v) is 6.50. The largest absolute Gasteiger partial charge is 0.395 e. The highest BCUT2D eigenvalue weighted by molar-refractivity contribution is 4.88. The molecule has 1 N–H and O–H groups in total. The lowest BCUT2D eigenvalue weighted by Gasteiger charge is -2.25. The molecule has 1 fully saturated rings. The highest BCUT2D eigenvalue weighted by atomic mass is 16.5. The number of nitrogens with zero attached hydrogens (tertiary/aromatic N) is 1. The minimum absolute atomic E-state index is 0.00701. The number of rotatable bonds is 1. The van der Waals surface area contributed by atoms with Crippen LogP contribution in [0.25, 0.3) is 0 Å². The molecule has 1 aliphatic rings. The highest BCUT2D eigenvalue weighted by Gasteiger charge is 2.39. The molecule has 0 spiro atoms. The minimum Gasteiger partial charge on any atom is -0.395 e. The molecule has 0 aromatic heterocycles. The topological polar surface area (TPSA) is 43.4 Å². The molecule has 0 saturated carbocycles. The average molecular weight is 144 g/mol. The molecule has 59 valence electrons. The molecule has 1 unspecified atom stereocenters. The number of aliphatic hydroxyl groups excluding tert-OH is 1. The predicted octanol–water partition coefficient (Wildman–Crippen LogP) is 0.567. The van der Waals surface area contributed by atoms with Gasteiger partial charge in [-0.25, -0.2) is 0 Å². The van der Waals surface area contributed by atoms with E-state index in [1.807, 2.05) is 13.8 Å². The minimum atomic E-state index is -0.257. The van der Waals surface area contributed by atoms with Crippen LogP contribution in [0.1, 0.15) is 26.7 Å². The number of aliphatic hydroxyl groups is 1. The summed E-state index contributed by atoms with van der Waals surface area (Å²) >= 11 is 0. The Kier molecular flexibility index (Phi) is 1.99. The number of hydrogen-bond acceptors (Lipinski definition) is 2. The van der Waals surface area contributed by atoms with Crippen molar-refractivity contribution in [2.45, 2.75) is 38.3 Å². The van der Waals surface area contributed by atoms with Crippen molar-refractivity contribution in [3.63, 3.8) is 0 Å². The van der Waals surface area contributed by atoms with Crippen LogP contribution in [-0.4, -0.2) is 28.4 Å². The molecule has 0 bridgehead atoms. The molecule has 1 radical (unpaired) electrons. The first-order chi connectivity index (χ1) is 4.58. The maximum Gasteiger partial charge on any atom is 0.0621 e. The molecular formula is C7H14NO2. The van der Waals surface area contributed by atoms with Gasteiger partial charge in [-0.2, -0.15) is 0 Å². The Bertz CT molecular complexity index is 125. The zero-order valence-electron chi connectivity index (χ0n) is 6.50. The van der Waals surface area contributed by atoms with E-state index in [0.29, 0.717) is 0 Å². The van der Waals surface area contributed by atoms with E-state index in [-0.39, 0.29) is 18.2 Å². The Morgan fingerprint density at radius 2 is 2.30 bits per heavy atom. The lowest BCUT2D eigenvalue weighted by atomic mass is 10.0. The molecule has 3 nitrogen and oxygen atoms in total. The maximum atomic E-state index is 11.2. The zero-order chi connectivity index (χ0) is 7.78. The molecule has 1 rings (SSSR count). The average Bonchev–Trinajstić information content (AvgIpc) is 2.10. The van der Waals surface area contributed by atoms with Crippen LogP contribution in [0.2, 0.25) is 0 Å². The predicted molar refractivity (Wildman–Crippen MR) is 36.7 cm³/mol. The molecular weight excluding hydrogens is 130 g/mol. The van der Waals surface area contributed by atoms with E-state index in [0.717, 1.165) is 17.9 Å². The fraction of sp³-hybridized carbons (Fsp3) is 1.00. The highest BCUT2D eigenvalue weighted by Crippen LogP contribution is 2.31. The third-order valence-electron chi connectivity index (χ3n) is 2.23. The van der Waals surface area contributed by atoms with Crippen molar-refractivity contribution in [3.05, 3.63) is 0 Å². The van der Waals surface area contributed by atoms with Crippen LogP contribution in [0.15, 0.2) is 0 Å². The Morgan fingerprint density at radius 1 is 1.70 bits per heavy atom. The fourth-order valence-electron chi connectivity index (χ4n) is 1.41. The monoisotopic (exact) mass is 144 g/mol. The molecule has 1 atom stereocenters. The Hall–Kier alpha value is -0.120. The first-order valence-corrected chi connectivity index (χ1v) is 3.65. The van der Waals surface area contributed by atoms with Crippen molar-refractivity contribution in [3.8, 4) is 0 Å². The summed E-state index contributed by atoms with van der Waals surface area (Å²) in [5.41, 5.74) is -0.257. The summed E-state index contributed by atoms with van der Waals surface area (Å²) in [4.78, 5) is 0. The third-order valence-corrected chi connectivity index (χ3v) is 2.23. The maximum absolute atomic E-state index is 11.2. The van der Waals surface area contributed by atoms with Gasteiger partial charge in [0.15, 0.2) is 0 Å². The van der Waals surface area contributed by atoms with Gasteiger partial charge in [0.25, 0.3) is 0 Å². The SMILES string of the molecule is CC1(C)CCC(CO)N1[O]. The third kappa shape index (κ3) is 1.17. The Labute approximate surface area is 61.2 Å². The first-order valence-electron chi connectivity index (χ1n) is 3.65. The van der Waals surface area contributed by atoms with Gasteiger partial charge in [-0.05, 0) is 26.7 Å². The van der Waals surface area contributed by atoms with Gasteiger partial charge < -0.3 is 5.11 Å². The van der Waals surface area contributed by atoms with Gasteiger partial charge >= 0.3 is 0 Å². The van der Waals surface area contributed by atoms with Crippen molar-refractivity contribution in [1.82, 2.24) is 5.06 Å². The summed E-state index contributed by atoms with van der Waals surface area (Å²) in [6.45, 7) is 3.82. The lowest BCUT2D eigenvalue weighted by Crippen LogP contribution is -2.40. The fourth-order valence-corrected chi connectivity index (χ4v) is 1.41. The molecule has 3 heteroatoms. The molecule has 1 saturated heterocycles. The van der Waals surface area contributed by atoms with Gasteiger partial charge in [-0.15, -0.1) is 10.3 Å². The van der Waals surface area contributed by atoms with Crippen molar-refractivity contribution in [1.29, 1.82) is 0 Å². The van der Waals surface area contributed by atoms with E-state index < -0.39 is 0 Å². The van der Waals surface area contributed by atoms with E-state index in [9.17, 15) is 5.21 Å². The summed E-state index contributed by atoms with van der Waals surface area (Å²) < 4.78 is 0. The number of hydrogen-bond donors (Lipinski definition) is 1. The van der Waals surface area contributed by atoms with E-state index in [1.165, 1.54) is 0 Å². The van der Waals surface area contributed by atoms with Crippen LogP contribution in [0, 0.1) is 0 Å². The summed E-state index contributed by atoms with van der Waals surface area (Å²) in [6, 6.07) is -0.157. The second kappa shape index (κ2) is 2.49. The van der Waals surface area contributed by atoms with Crippen LogP contribution in [0.3, 0.4) is 0 Å². The van der Waals surface area contributed by atoms with Gasteiger partial charge in [0.2, 0.25) is 0 Å². The van der Waals surface area contributed by atoms with E-state index in [1.54, 1.807) is 0 Å². The first kappa shape index (κ1) is 7.98. The smallest absolute Gasteiger partial charge is 0.0621 e. The number of hydroxylamine groups is 2. The van der Waals surface area contributed by atoms with Crippen LogP contribution >= 0.6 is 0 Å². The van der Waals surface area contributed by atoms with Crippen molar-refractivity contribution < 1.29 is 10.3 Å². The molecule has 0 aromatic carbocycles. The second-order valence-electron chi connectivity index (χ2n) is 3.51. The van der Waals surface area contributed by atoms with Crippen LogP contribution < -0.4 is 0 Å². The standard InChI is InChI=1S/C7H14NO2/c1-7(2)4-3-6(5-9)8(7)10/h6,9H,3-5H2,1-2H3. The van der Waals surface area contributed by atoms with Gasteiger partial charge in [-0.1, -0.05) is 0 Å². The van der Waals surface area contributed by atoms with Crippen LogP contribution in [-0.2, 0) is 5.21 Å². The van der Waals surface area contributed by atoms with Crippen LogP contribution in [0.5, 0.6) is 0 Å². The summed E-state index contributed by atoms with van der Waals surface area (Å²) in [7, 11) is 0. The van der Waals surface area contributed by atoms with E-state index in [2.05, 4.69) is 0 Å². The van der Waals surface area contributed by atoms with Crippen molar-refractivity contribution in [2.75, 3.05) is 6.61 Å². The van der Waals surface area contributed by atoms with E-state index in [4.69, 9.17) is 5.11 Å². The normalized spacial score (nSPS) is 33.0. The quantitative estimate of drug-likeness (QED) is 0.584.